The van der Waals surface area contributed by atoms with Gasteiger partial charge in [0.1, 0.15) is 0 Å². The Labute approximate surface area is 164 Å². The van der Waals surface area contributed by atoms with Crippen molar-refractivity contribution in [1.82, 2.24) is 4.90 Å². The molecule has 1 atom stereocenters. The molecule has 1 heterocycles. The second kappa shape index (κ2) is 8.48. The number of ether oxygens (including phenoxy) is 1. The molecule has 29 heavy (non-hydrogen) atoms. The molecule has 154 valence electrons. The van der Waals surface area contributed by atoms with E-state index in [9.17, 15) is 28.1 Å². The summed E-state index contributed by atoms with van der Waals surface area (Å²) in [6.45, 7) is 1.53. The third kappa shape index (κ3) is 4.65. The van der Waals surface area contributed by atoms with Crippen LogP contribution in [-0.4, -0.2) is 42.5 Å². The van der Waals surface area contributed by atoms with Gasteiger partial charge in [0, 0.05) is 49.6 Å². The number of alkyl halides is 3. The monoisotopic (exact) mass is 409 g/mol. The summed E-state index contributed by atoms with van der Waals surface area (Å²) in [7, 11) is 0. The number of carbonyl (C=O) groups is 1. The van der Waals surface area contributed by atoms with Crippen LogP contribution in [-0.2, 0) is 15.7 Å². The lowest BCUT2D eigenvalue weighted by molar-refractivity contribution is -0.385. The first-order valence-electron chi connectivity index (χ1n) is 8.80. The first kappa shape index (κ1) is 20.6. The number of nitrogens with zero attached hydrogens (tertiary/aromatic N) is 3. The standard InChI is InChI=1S/C19H18F3N3O4/c20-19(21,22)16-12-15(25(27)28)6-7-17(16)23-8-10-24(11-9-23)18(29-13-26)14-4-2-1-3-5-14/h1-7,12-13,18H,8-11H2. The van der Waals surface area contributed by atoms with Crippen molar-refractivity contribution in [2.75, 3.05) is 31.1 Å². The van der Waals surface area contributed by atoms with Crippen LogP contribution in [0.1, 0.15) is 17.4 Å². The topological polar surface area (TPSA) is 75.9 Å². The molecule has 0 aromatic heterocycles. The Balaban J connectivity index is 1.80. The molecular weight excluding hydrogens is 391 g/mol. The normalized spacial score (nSPS) is 16.3. The number of hydrogen-bond acceptors (Lipinski definition) is 6. The zero-order valence-electron chi connectivity index (χ0n) is 15.2. The summed E-state index contributed by atoms with van der Waals surface area (Å²) in [5.41, 5.74) is -0.984. The Morgan fingerprint density at radius 2 is 1.72 bits per heavy atom. The highest BCUT2D eigenvalue weighted by Crippen LogP contribution is 2.39. The Hall–Kier alpha value is -3.14. The Bertz CT molecular complexity index is 869. The van der Waals surface area contributed by atoms with Crippen LogP contribution in [0.2, 0.25) is 0 Å². The lowest BCUT2D eigenvalue weighted by Crippen LogP contribution is -2.48. The molecule has 2 aromatic rings. The largest absolute Gasteiger partial charge is 0.444 e. The molecule has 1 saturated heterocycles. The number of rotatable bonds is 6. The fourth-order valence-corrected chi connectivity index (χ4v) is 3.38. The minimum Gasteiger partial charge on any atom is -0.444 e. The van der Waals surface area contributed by atoms with Gasteiger partial charge in [0.25, 0.3) is 12.2 Å². The summed E-state index contributed by atoms with van der Waals surface area (Å²) in [5.74, 6) is 0. The number of anilines is 1. The summed E-state index contributed by atoms with van der Waals surface area (Å²) in [4.78, 5) is 24.3. The Kier molecular flexibility index (Phi) is 6.02. The highest BCUT2D eigenvalue weighted by Gasteiger charge is 2.37. The van der Waals surface area contributed by atoms with E-state index in [-0.39, 0.29) is 18.8 Å². The fourth-order valence-electron chi connectivity index (χ4n) is 3.38. The quantitative estimate of drug-likeness (QED) is 0.412. The number of halogens is 3. The van der Waals surface area contributed by atoms with Gasteiger partial charge in [-0.05, 0) is 6.07 Å². The van der Waals surface area contributed by atoms with E-state index in [2.05, 4.69) is 0 Å². The van der Waals surface area contributed by atoms with Gasteiger partial charge in [0.15, 0.2) is 6.23 Å². The first-order chi connectivity index (χ1) is 13.8. The number of non-ortho nitro benzene ring substituents is 1. The van der Waals surface area contributed by atoms with Crippen LogP contribution in [0.4, 0.5) is 24.5 Å². The highest BCUT2D eigenvalue weighted by molar-refractivity contribution is 5.59. The van der Waals surface area contributed by atoms with Gasteiger partial charge in [0.05, 0.1) is 10.5 Å². The molecule has 1 aliphatic heterocycles. The number of benzene rings is 2. The summed E-state index contributed by atoms with van der Waals surface area (Å²) in [6.07, 6.45) is -5.35. The van der Waals surface area contributed by atoms with Crippen molar-refractivity contribution in [3.8, 4) is 0 Å². The zero-order chi connectivity index (χ0) is 21.0. The van der Waals surface area contributed by atoms with Crippen molar-refractivity contribution in [3.63, 3.8) is 0 Å². The molecule has 0 saturated carbocycles. The second-order valence-corrected chi connectivity index (χ2v) is 6.47. The number of nitro groups is 1. The molecule has 0 radical (unpaired) electrons. The van der Waals surface area contributed by atoms with E-state index in [4.69, 9.17) is 4.74 Å². The van der Waals surface area contributed by atoms with E-state index in [1.54, 1.807) is 24.3 Å². The maximum Gasteiger partial charge on any atom is 0.418 e. The van der Waals surface area contributed by atoms with Crippen molar-refractivity contribution in [2.45, 2.75) is 12.4 Å². The van der Waals surface area contributed by atoms with Gasteiger partial charge < -0.3 is 9.64 Å². The van der Waals surface area contributed by atoms with Crippen LogP contribution in [0.5, 0.6) is 0 Å². The average Bonchev–Trinajstić information content (AvgIpc) is 2.72. The molecule has 3 rings (SSSR count). The van der Waals surface area contributed by atoms with Gasteiger partial charge in [-0.25, -0.2) is 0 Å². The molecule has 0 spiro atoms. The van der Waals surface area contributed by atoms with E-state index >= 15 is 0 Å². The van der Waals surface area contributed by atoms with Crippen molar-refractivity contribution < 1.29 is 27.6 Å². The summed E-state index contributed by atoms with van der Waals surface area (Å²) in [5, 5.41) is 10.9. The number of carbonyl (C=O) groups excluding carboxylic acids is 1. The van der Waals surface area contributed by atoms with Crippen molar-refractivity contribution in [2.24, 2.45) is 0 Å². The summed E-state index contributed by atoms with van der Waals surface area (Å²) < 4.78 is 45.6. The van der Waals surface area contributed by atoms with E-state index in [1.807, 2.05) is 11.0 Å². The van der Waals surface area contributed by atoms with Crippen LogP contribution in [0.15, 0.2) is 48.5 Å². The first-order valence-corrected chi connectivity index (χ1v) is 8.80. The fraction of sp³-hybridized carbons (Fsp3) is 0.316. The van der Waals surface area contributed by atoms with Gasteiger partial charge >= 0.3 is 6.18 Å². The maximum atomic E-state index is 13.5. The molecule has 0 aliphatic carbocycles. The van der Waals surface area contributed by atoms with Gasteiger partial charge in [-0.2, -0.15) is 13.2 Å². The van der Waals surface area contributed by atoms with Crippen LogP contribution < -0.4 is 4.90 Å². The molecule has 1 unspecified atom stereocenters. The molecule has 10 heteroatoms. The number of nitro benzene ring substituents is 1. The summed E-state index contributed by atoms with van der Waals surface area (Å²) in [6, 6.07) is 11.8. The van der Waals surface area contributed by atoms with Crippen molar-refractivity contribution in [1.29, 1.82) is 0 Å². The molecular formula is C19H18F3N3O4. The highest BCUT2D eigenvalue weighted by atomic mass is 19.4. The van der Waals surface area contributed by atoms with Crippen LogP contribution in [0.3, 0.4) is 0 Å². The minimum absolute atomic E-state index is 0.102. The molecule has 0 amide bonds. The number of hydrogen-bond donors (Lipinski definition) is 0. The Morgan fingerprint density at radius 1 is 1.07 bits per heavy atom. The minimum atomic E-state index is -4.72. The SMILES string of the molecule is O=COC(c1ccccc1)N1CCN(c2ccc([N+](=O)[O-])cc2C(F)(F)F)CC1. The van der Waals surface area contributed by atoms with Gasteiger partial charge in [0.2, 0.25) is 0 Å². The predicted molar refractivity (Wildman–Crippen MR) is 98.2 cm³/mol. The van der Waals surface area contributed by atoms with Crippen molar-refractivity contribution >= 4 is 17.8 Å². The maximum absolute atomic E-state index is 13.5. The molecule has 1 aliphatic rings. The van der Waals surface area contributed by atoms with E-state index in [0.29, 0.717) is 25.6 Å². The van der Waals surface area contributed by atoms with Gasteiger partial charge in [-0.1, -0.05) is 30.3 Å². The predicted octanol–water partition coefficient (Wildman–Crippen LogP) is 3.61. The van der Waals surface area contributed by atoms with E-state index < -0.39 is 28.6 Å². The molecule has 0 N–H and O–H groups in total. The smallest absolute Gasteiger partial charge is 0.418 e. The van der Waals surface area contributed by atoms with Crippen LogP contribution in [0.25, 0.3) is 0 Å². The molecule has 7 nitrogen and oxygen atoms in total. The van der Waals surface area contributed by atoms with Crippen molar-refractivity contribution in [3.05, 3.63) is 69.8 Å². The van der Waals surface area contributed by atoms with Crippen LogP contribution >= 0.6 is 0 Å². The zero-order valence-corrected chi connectivity index (χ0v) is 15.2. The van der Waals surface area contributed by atoms with E-state index in [1.165, 1.54) is 4.90 Å². The second-order valence-electron chi connectivity index (χ2n) is 6.47. The molecule has 0 bridgehead atoms. The van der Waals surface area contributed by atoms with Gasteiger partial charge in [-0.3, -0.25) is 19.8 Å². The lowest BCUT2D eigenvalue weighted by atomic mass is 10.1. The lowest BCUT2D eigenvalue weighted by Gasteiger charge is -2.39. The Morgan fingerprint density at radius 3 is 2.28 bits per heavy atom. The van der Waals surface area contributed by atoms with E-state index in [0.717, 1.165) is 17.7 Å². The molecule has 2 aromatic carbocycles. The third-order valence-electron chi connectivity index (χ3n) is 4.75. The molecule has 1 fully saturated rings. The van der Waals surface area contributed by atoms with Gasteiger partial charge in [-0.15, -0.1) is 0 Å². The average molecular weight is 409 g/mol. The van der Waals surface area contributed by atoms with Crippen LogP contribution in [0, 0.1) is 10.1 Å². The summed E-state index contributed by atoms with van der Waals surface area (Å²) >= 11 is 0. The third-order valence-corrected chi connectivity index (χ3v) is 4.75. The number of piperazine rings is 1.